The minimum absolute atomic E-state index is 0.393. The van der Waals surface area contributed by atoms with Gasteiger partial charge >= 0.3 is 5.69 Å². The summed E-state index contributed by atoms with van der Waals surface area (Å²) in [5, 5.41) is 0.405. The molecule has 0 amide bonds. The Bertz CT molecular complexity index is 609. The molecule has 0 fully saturated rings. The number of anilines is 1. The molecule has 72 valence electrons. The summed E-state index contributed by atoms with van der Waals surface area (Å²) >= 11 is 0. The number of nitrogens with one attached hydrogen (secondary N) is 2. The molecule has 1 aromatic heterocycles. The molecule has 0 aliphatic carbocycles. The maximum absolute atomic E-state index is 11.4. The van der Waals surface area contributed by atoms with Crippen molar-refractivity contribution in [1.82, 2.24) is 9.97 Å². The van der Waals surface area contributed by atoms with Gasteiger partial charge in [-0.05, 0) is 24.6 Å². The minimum Gasteiger partial charge on any atom is -0.397 e. The van der Waals surface area contributed by atoms with E-state index < -0.39 is 11.2 Å². The van der Waals surface area contributed by atoms with Crippen LogP contribution >= 0.6 is 0 Å². The molecule has 5 heteroatoms. The van der Waals surface area contributed by atoms with E-state index in [1.54, 1.807) is 12.1 Å². The third kappa shape index (κ3) is 1.19. The van der Waals surface area contributed by atoms with Gasteiger partial charge in [-0.3, -0.25) is 9.78 Å². The molecule has 0 aliphatic heterocycles. The first-order valence-corrected chi connectivity index (χ1v) is 4.10. The van der Waals surface area contributed by atoms with Gasteiger partial charge in [-0.25, -0.2) is 4.79 Å². The van der Waals surface area contributed by atoms with Gasteiger partial charge in [0.25, 0.3) is 5.56 Å². The predicted octanol–water partition coefficient (Wildman–Crippen LogP) is 0.107. The molecule has 0 radical (unpaired) electrons. The fourth-order valence-electron chi connectivity index (χ4n) is 1.45. The lowest BCUT2D eigenvalue weighted by molar-refractivity contribution is 1.08. The zero-order chi connectivity index (χ0) is 10.3. The molecule has 2 rings (SSSR count). The third-order valence-corrected chi connectivity index (χ3v) is 2.02. The molecule has 1 aromatic carbocycles. The summed E-state index contributed by atoms with van der Waals surface area (Å²) in [4.78, 5) is 27.0. The maximum atomic E-state index is 11.4. The number of fused-ring (bicyclic) bond motifs is 1. The van der Waals surface area contributed by atoms with Gasteiger partial charge in [-0.2, -0.15) is 0 Å². The van der Waals surface area contributed by atoms with Gasteiger partial charge in [0.15, 0.2) is 0 Å². The minimum atomic E-state index is -0.543. The van der Waals surface area contributed by atoms with Gasteiger partial charge in [0.1, 0.15) is 0 Å². The summed E-state index contributed by atoms with van der Waals surface area (Å²) in [6, 6.07) is 3.39. The summed E-state index contributed by atoms with van der Waals surface area (Å²) in [6.45, 7) is 1.83. The van der Waals surface area contributed by atoms with Crippen LogP contribution in [0, 0.1) is 6.92 Å². The first-order valence-electron chi connectivity index (χ1n) is 4.10. The molecule has 0 unspecified atom stereocenters. The second-order valence-electron chi connectivity index (χ2n) is 3.18. The molecule has 1 heterocycles. The largest absolute Gasteiger partial charge is 0.397 e. The van der Waals surface area contributed by atoms with Crippen LogP contribution in [0.15, 0.2) is 21.7 Å². The Kier molecular flexibility index (Phi) is 1.67. The number of nitrogen functional groups attached to an aromatic ring is 1. The number of benzene rings is 1. The molecule has 5 nitrogen and oxygen atoms in total. The highest BCUT2D eigenvalue weighted by molar-refractivity contribution is 5.88. The number of nitrogens with two attached hydrogens (primary N) is 1. The van der Waals surface area contributed by atoms with E-state index in [2.05, 4.69) is 9.97 Å². The van der Waals surface area contributed by atoms with Crippen molar-refractivity contribution in [3.05, 3.63) is 38.5 Å². The van der Waals surface area contributed by atoms with Gasteiger partial charge in [-0.1, -0.05) is 0 Å². The van der Waals surface area contributed by atoms with Crippen LogP contribution in [0.2, 0.25) is 0 Å². The second-order valence-corrected chi connectivity index (χ2v) is 3.18. The number of rotatable bonds is 0. The smallest absolute Gasteiger partial charge is 0.326 e. The van der Waals surface area contributed by atoms with Crippen LogP contribution in [0.1, 0.15) is 5.56 Å². The summed E-state index contributed by atoms with van der Waals surface area (Å²) in [7, 11) is 0. The lowest BCUT2D eigenvalue weighted by Gasteiger charge is -2.01. The Morgan fingerprint density at radius 2 is 1.93 bits per heavy atom. The molecule has 0 aliphatic rings. The highest BCUT2D eigenvalue weighted by atomic mass is 16.2. The molecular weight excluding hydrogens is 182 g/mol. The second kappa shape index (κ2) is 2.73. The van der Waals surface area contributed by atoms with Crippen LogP contribution in [0.3, 0.4) is 0 Å². The Labute approximate surface area is 78.6 Å². The molecule has 0 spiro atoms. The van der Waals surface area contributed by atoms with Crippen molar-refractivity contribution < 1.29 is 0 Å². The molecule has 0 saturated heterocycles. The normalized spacial score (nSPS) is 10.6. The number of aromatic amines is 2. The van der Waals surface area contributed by atoms with Crippen LogP contribution in [0.5, 0.6) is 0 Å². The maximum Gasteiger partial charge on any atom is 0.326 e. The molecule has 0 saturated carbocycles. The van der Waals surface area contributed by atoms with Gasteiger partial charge in [0.05, 0.1) is 16.6 Å². The highest BCUT2D eigenvalue weighted by Crippen LogP contribution is 2.16. The fourth-order valence-corrected chi connectivity index (χ4v) is 1.45. The van der Waals surface area contributed by atoms with E-state index in [4.69, 9.17) is 5.73 Å². The third-order valence-electron chi connectivity index (χ3n) is 2.02. The van der Waals surface area contributed by atoms with E-state index in [0.29, 0.717) is 16.6 Å². The van der Waals surface area contributed by atoms with Crippen LogP contribution in [0.4, 0.5) is 5.69 Å². The Morgan fingerprint density at radius 1 is 1.21 bits per heavy atom. The monoisotopic (exact) mass is 191 g/mol. The van der Waals surface area contributed by atoms with Crippen LogP contribution < -0.4 is 17.0 Å². The van der Waals surface area contributed by atoms with Crippen molar-refractivity contribution >= 4 is 16.6 Å². The quantitative estimate of drug-likeness (QED) is 0.516. The van der Waals surface area contributed by atoms with Gasteiger partial charge in [-0.15, -0.1) is 0 Å². The van der Waals surface area contributed by atoms with E-state index in [9.17, 15) is 9.59 Å². The van der Waals surface area contributed by atoms with Crippen molar-refractivity contribution in [2.24, 2.45) is 0 Å². The van der Waals surface area contributed by atoms with Crippen molar-refractivity contribution in [3.8, 4) is 0 Å². The van der Waals surface area contributed by atoms with Crippen molar-refractivity contribution in [1.29, 1.82) is 0 Å². The lowest BCUT2D eigenvalue weighted by Crippen LogP contribution is -2.22. The number of H-pyrrole nitrogens is 2. The molecule has 4 N–H and O–H groups in total. The highest BCUT2D eigenvalue weighted by Gasteiger charge is 2.04. The summed E-state index contributed by atoms with van der Waals surface area (Å²) in [5.74, 6) is 0. The molecule has 0 bridgehead atoms. The first-order chi connectivity index (χ1) is 6.58. The van der Waals surface area contributed by atoms with E-state index in [-0.39, 0.29) is 0 Å². The van der Waals surface area contributed by atoms with Crippen LogP contribution in [0.25, 0.3) is 10.9 Å². The van der Waals surface area contributed by atoms with Crippen molar-refractivity contribution in [2.45, 2.75) is 6.92 Å². The standard InChI is InChI=1S/C9H9N3O2/c1-4-2-5-7(6(10)3-4)11-9(14)12-8(5)13/h2-3H,10H2,1H3,(H2,11,12,13,14). The van der Waals surface area contributed by atoms with E-state index in [1.165, 1.54) is 0 Å². The average Bonchev–Trinajstić information content (AvgIpc) is 2.07. The summed E-state index contributed by atoms with van der Waals surface area (Å²) < 4.78 is 0. The zero-order valence-electron chi connectivity index (χ0n) is 7.55. The SMILES string of the molecule is Cc1cc(N)c2[nH]c(=O)[nH]c(=O)c2c1. The molecule has 2 aromatic rings. The Balaban J connectivity index is 3.10. The Hall–Kier alpha value is -2.04. The van der Waals surface area contributed by atoms with Crippen molar-refractivity contribution in [3.63, 3.8) is 0 Å². The number of hydrogen-bond donors (Lipinski definition) is 3. The topological polar surface area (TPSA) is 91.7 Å². The van der Waals surface area contributed by atoms with Crippen LogP contribution in [-0.2, 0) is 0 Å². The summed E-state index contributed by atoms with van der Waals surface area (Å²) in [6.07, 6.45) is 0. The van der Waals surface area contributed by atoms with E-state index in [0.717, 1.165) is 5.56 Å². The lowest BCUT2D eigenvalue weighted by atomic mass is 10.1. The van der Waals surface area contributed by atoms with Gasteiger partial charge in [0.2, 0.25) is 0 Å². The first kappa shape index (κ1) is 8.55. The fraction of sp³-hybridized carbons (Fsp3) is 0.111. The van der Waals surface area contributed by atoms with Gasteiger partial charge < -0.3 is 10.7 Å². The van der Waals surface area contributed by atoms with Crippen LogP contribution in [-0.4, -0.2) is 9.97 Å². The number of hydrogen-bond acceptors (Lipinski definition) is 3. The Morgan fingerprint density at radius 3 is 2.64 bits per heavy atom. The summed E-state index contributed by atoms with van der Waals surface area (Å²) in [5.41, 5.74) is 6.39. The van der Waals surface area contributed by atoms with E-state index >= 15 is 0 Å². The number of aromatic nitrogens is 2. The molecule has 0 atom stereocenters. The zero-order valence-corrected chi connectivity index (χ0v) is 7.55. The van der Waals surface area contributed by atoms with E-state index in [1.807, 2.05) is 6.92 Å². The van der Waals surface area contributed by atoms with Gasteiger partial charge in [0, 0.05) is 0 Å². The predicted molar refractivity (Wildman–Crippen MR) is 54.3 cm³/mol. The number of aryl methyl sites for hydroxylation is 1. The molecule has 14 heavy (non-hydrogen) atoms. The average molecular weight is 191 g/mol. The molecular formula is C9H9N3O2. The van der Waals surface area contributed by atoms with Crippen molar-refractivity contribution in [2.75, 3.05) is 5.73 Å².